The Bertz CT molecular complexity index is 582. The van der Waals surface area contributed by atoms with Gasteiger partial charge in [-0.05, 0) is 42.0 Å². The number of nitrogens with one attached hydrogen (secondary N) is 1. The topological polar surface area (TPSA) is 46.1 Å². The minimum Gasteiger partial charge on any atom is -0.493 e. The first-order valence-corrected chi connectivity index (χ1v) is 8.44. The van der Waals surface area contributed by atoms with Gasteiger partial charge in [-0.3, -0.25) is 4.99 Å². The second-order valence-corrected chi connectivity index (χ2v) is 6.35. The number of fused-ring (bicyclic) bond motifs is 1. The second-order valence-electron chi connectivity index (χ2n) is 6.35. The Kier molecular flexibility index (Phi) is 4.94. The van der Waals surface area contributed by atoms with Gasteiger partial charge in [-0.1, -0.05) is 12.8 Å². The van der Waals surface area contributed by atoms with Crippen molar-refractivity contribution in [3.05, 3.63) is 23.3 Å². The van der Waals surface area contributed by atoms with Crippen LogP contribution in [0.2, 0.25) is 0 Å². The van der Waals surface area contributed by atoms with Crippen molar-refractivity contribution in [1.82, 2.24) is 10.2 Å². The van der Waals surface area contributed by atoms with Gasteiger partial charge >= 0.3 is 0 Å². The smallest absolute Gasteiger partial charge is 0.193 e. The lowest BCUT2D eigenvalue weighted by atomic mass is 9.99. The van der Waals surface area contributed by atoms with Crippen molar-refractivity contribution < 1.29 is 9.47 Å². The quantitative estimate of drug-likeness (QED) is 0.669. The molecule has 0 bridgehead atoms. The second kappa shape index (κ2) is 7.11. The Morgan fingerprint density at radius 2 is 1.91 bits per heavy atom. The standard InChI is InChI=1S/C18H27N3O2/c1-19-18(20-8-6-13-4-5-13)21-9-7-14-10-16(22-2)17(23-3)11-15(14)12-21/h10-11,13H,4-9,12H2,1-3H3,(H,19,20). The minimum absolute atomic E-state index is 0.796. The van der Waals surface area contributed by atoms with Gasteiger partial charge in [0.1, 0.15) is 0 Å². The van der Waals surface area contributed by atoms with Crippen molar-refractivity contribution in [1.29, 1.82) is 0 Å². The molecule has 0 aromatic heterocycles. The molecule has 1 heterocycles. The molecule has 5 nitrogen and oxygen atoms in total. The first kappa shape index (κ1) is 16.0. The van der Waals surface area contributed by atoms with Gasteiger partial charge in [-0.15, -0.1) is 0 Å². The molecule has 5 heteroatoms. The zero-order valence-corrected chi connectivity index (χ0v) is 14.4. The van der Waals surface area contributed by atoms with Gasteiger partial charge in [0.05, 0.1) is 14.2 Å². The summed E-state index contributed by atoms with van der Waals surface area (Å²) >= 11 is 0. The predicted octanol–water partition coefficient (Wildman–Crippen LogP) is 2.44. The monoisotopic (exact) mass is 317 g/mol. The van der Waals surface area contributed by atoms with E-state index in [1.807, 2.05) is 7.05 Å². The van der Waals surface area contributed by atoms with Gasteiger partial charge < -0.3 is 19.7 Å². The van der Waals surface area contributed by atoms with Crippen LogP contribution < -0.4 is 14.8 Å². The highest BCUT2D eigenvalue weighted by atomic mass is 16.5. The lowest BCUT2D eigenvalue weighted by molar-refractivity contribution is 0.346. The molecule has 1 aromatic carbocycles. The summed E-state index contributed by atoms with van der Waals surface area (Å²) < 4.78 is 10.8. The van der Waals surface area contributed by atoms with Crippen molar-refractivity contribution in [2.75, 3.05) is 34.4 Å². The van der Waals surface area contributed by atoms with Crippen molar-refractivity contribution >= 4 is 5.96 Å². The molecule has 1 aliphatic carbocycles. The maximum absolute atomic E-state index is 5.43. The number of hydrogen-bond acceptors (Lipinski definition) is 3. The lowest BCUT2D eigenvalue weighted by Crippen LogP contribution is -2.44. The molecule has 0 radical (unpaired) electrons. The van der Waals surface area contributed by atoms with Crippen molar-refractivity contribution in [2.45, 2.75) is 32.2 Å². The Balaban J connectivity index is 1.67. The molecule has 126 valence electrons. The predicted molar refractivity (Wildman–Crippen MR) is 92.4 cm³/mol. The van der Waals surface area contributed by atoms with Crippen molar-refractivity contribution in [2.24, 2.45) is 10.9 Å². The fourth-order valence-corrected chi connectivity index (χ4v) is 3.19. The van der Waals surface area contributed by atoms with E-state index in [9.17, 15) is 0 Å². The van der Waals surface area contributed by atoms with Crippen LogP contribution in [0.1, 0.15) is 30.4 Å². The van der Waals surface area contributed by atoms with Gasteiger partial charge in [-0.25, -0.2) is 0 Å². The largest absolute Gasteiger partial charge is 0.493 e. The first-order valence-electron chi connectivity index (χ1n) is 8.44. The third-order valence-corrected chi connectivity index (χ3v) is 4.76. The molecule has 0 saturated heterocycles. The number of rotatable bonds is 5. The van der Waals surface area contributed by atoms with Crippen molar-refractivity contribution in [3.63, 3.8) is 0 Å². The summed E-state index contributed by atoms with van der Waals surface area (Å²) in [4.78, 5) is 6.77. The van der Waals surface area contributed by atoms with Crippen LogP contribution in [0.15, 0.2) is 17.1 Å². The first-order chi connectivity index (χ1) is 11.2. The Morgan fingerprint density at radius 3 is 2.52 bits per heavy atom. The van der Waals surface area contributed by atoms with Gasteiger partial charge in [-0.2, -0.15) is 0 Å². The van der Waals surface area contributed by atoms with Gasteiger partial charge in [0, 0.05) is 26.7 Å². The third-order valence-electron chi connectivity index (χ3n) is 4.76. The molecule has 3 rings (SSSR count). The highest BCUT2D eigenvalue weighted by molar-refractivity contribution is 5.80. The molecule has 2 aliphatic rings. The maximum Gasteiger partial charge on any atom is 0.193 e. The molecule has 0 spiro atoms. The fraction of sp³-hybridized carbons (Fsp3) is 0.611. The van der Waals surface area contributed by atoms with Crippen LogP contribution in [0.5, 0.6) is 11.5 Å². The summed E-state index contributed by atoms with van der Waals surface area (Å²) in [6.45, 7) is 2.86. The van der Waals surface area contributed by atoms with E-state index in [1.165, 1.54) is 30.4 Å². The lowest BCUT2D eigenvalue weighted by Gasteiger charge is -2.32. The van der Waals surface area contributed by atoms with Crippen LogP contribution in [0.3, 0.4) is 0 Å². The summed E-state index contributed by atoms with van der Waals surface area (Å²) in [7, 11) is 5.23. The van der Waals surface area contributed by atoms with E-state index < -0.39 is 0 Å². The van der Waals surface area contributed by atoms with Crippen molar-refractivity contribution in [3.8, 4) is 11.5 Å². The fourth-order valence-electron chi connectivity index (χ4n) is 3.19. The summed E-state index contributed by atoms with van der Waals surface area (Å²) in [5, 5.41) is 3.51. The number of aliphatic imine (C=N–C) groups is 1. The van der Waals surface area contributed by atoms with E-state index in [0.29, 0.717) is 0 Å². The van der Waals surface area contributed by atoms with E-state index >= 15 is 0 Å². The molecule has 0 unspecified atom stereocenters. The van der Waals surface area contributed by atoms with E-state index in [4.69, 9.17) is 9.47 Å². The number of hydrogen-bond donors (Lipinski definition) is 1. The van der Waals surface area contributed by atoms with E-state index in [-0.39, 0.29) is 0 Å². The zero-order chi connectivity index (χ0) is 16.2. The maximum atomic E-state index is 5.43. The average molecular weight is 317 g/mol. The van der Waals surface area contributed by atoms with Gasteiger partial charge in [0.2, 0.25) is 0 Å². The van der Waals surface area contributed by atoms with Gasteiger partial charge in [0.15, 0.2) is 17.5 Å². The van der Waals surface area contributed by atoms with E-state index in [1.54, 1.807) is 14.2 Å². The summed E-state index contributed by atoms with van der Waals surface area (Å²) in [6.07, 6.45) is 5.06. The molecular formula is C18H27N3O2. The molecule has 0 amide bonds. The molecule has 1 fully saturated rings. The Morgan fingerprint density at radius 1 is 1.22 bits per heavy atom. The molecule has 1 saturated carbocycles. The van der Waals surface area contributed by atoms with Crippen LogP contribution in [-0.2, 0) is 13.0 Å². The molecule has 1 aromatic rings. The third kappa shape index (κ3) is 3.71. The number of ether oxygens (including phenoxy) is 2. The number of benzene rings is 1. The average Bonchev–Trinajstić information content (AvgIpc) is 3.41. The van der Waals surface area contributed by atoms with E-state index in [0.717, 1.165) is 49.4 Å². The van der Waals surface area contributed by atoms with Crippen LogP contribution >= 0.6 is 0 Å². The number of nitrogens with zero attached hydrogens (tertiary/aromatic N) is 2. The molecule has 1 aliphatic heterocycles. The van der Waals surface area contributed by atoms with Crippen LogP contribution in [0.4, 0.5) is 0 Å². The van der Waals surface area contributed by atoms with Crippen LogP contribution in [0.25, 0.3) is 0 Å². The molecule has 1 N–H and O–H groups in total. The Hall–Kier alpha value is -1.91. The van der Waals surface area contributed by atoms with Crippen LogP contribution in [0, 0.1) is 5.92 Å². The molecule has 0 atom stereocenters. The molecular weight excluding hydrogens is 290 g/mol. The summed E-state index contributed by atoms with van der Waals surface area (Å²) in [6, 6.07) is 4.20. The SMILES string of the molecule is CN=C(NCCC1CC1)N1CCc2cc(OC)c(OC)cc2C1. The number of methoxy groups -OCH3 is 2. The minimum atomic E-state index is 0.796. The van der Waals surface area contributed by atoms with Crippen LogP contribution in [-0.4, -0.2) is 45.2 Å². The highest BCUT2D eigenvalue weighted by Crippen LogP contribution is 2.33. The number of guanidine groups is 1. The molecule has 23 heavy (non-hydrogen) atoms. The Labute approximate surface area is 138 Å². The normalized spacial score (nSPS) is 17.7. The summed E-state index contributed by atoms with van der Waals surface area (Å²) in [5.41, 5.74) is 2.63. The van der Waals surface area contributed by atoms with E-state index in [2.05, 4.69) is 27.3 Å². The van der Waals surface area contributed by atoms with Gasteiger partial charge in [0.25, 0.3) is 0 Å². The zero-order valence-electron chi connectivity index (χ0n) is 14.4. The highest BCUT2D eigenvalue weighted by Gasteiger charge is 2.23. The summed E-state index contributed by atoms with van der Waals surface area (Å²) in [5.74, 6) is 3.56.